The minimum absolute atomic E-state index is 0.189. The van der Waals surface area contributed by atoms with Crippen molar-refractivity contribution in [2.75, 3.05) is 11.8 Å². The van der Waals surface area contributed by atoms with Crippen molar-refractivity contribution in [1.82, 2.24) is 0 Å². The molecule has 6 heteroatoms. The molecule has 1 N–H and O–H groups in total. The summed E-state index contributed by atoms with van der Waals surface area (Å²) < 4.78 is 33.1. The van der Waals surface area contributed by atoms with E-state index < -0.39 is 10.0 Å². The third-order valence-electron chi connectivity index (χ3n) is 3.49. The highest BCUT2D eigenvalue weighted by atomic mass is 35.5. The van der Waals surface area contributed by atoms with E-state index in [1.807, 2.05) is 6.92 Å². The van der Waals surface area contributed by atoms with Crippen LogP contribution in [0, 0.1) is 20.8 Å². The number of halogens is 1. The fourth-order valence-corrected chi connectivity index (χ4v) is 3.78. The van der Waals surface area contributed by atoms with Crippen LogP contribution in [0.3, 0.4) is 0 Å². The molecule has 0 bridgehead atoms. The topological polar surface area (TPSA) is 55.4 Å². The number of rotatable bonds is 4. The van der Waals surface area contributed by atoms with Crippen molar-refractivity contribution in [1.29, 1.82) is 0 Å². The number of hydrogen-bond acceptors (Lipinski definition) is 3. The van der Waals surface area contributed by atoms with E-state index in [9.17, 15) is 8.42 Å². The molecule has 2 rings (SSSR count). The van der Waals surface area contributed by atoms with Gasteiger partial charge in [0.25, 0.3) is 10.0 Å². The van der Waals surface area contributed by atoms with Gasteiger partial charge in [0, 0.05) is 11.1 Å². The molecule has 0 saturated carbocycles. The van der Waals surface area contributed by atoms with Gasteiger partial charge in [0.15, 0.2) is 0 Å². The lowest BCUT2D eigenvalue weighted by atomic mass is 10.1. The Morgan fingerprint density at radius 3 is 2.41 bits per heavy atom. The highest BCUT2D eigenvalue weighted by molar-refractivity contribution is 7.92. The zero-order valence-electron chi connectivity index (χ0n) is 12.9. The lowest BCUT2D eigenvalue weighted by Crippen LogP contribution is -2.15. The standard InChI is InChI=1S/C16H18ClNO3S/c1-10-8-11(2)16(9-15(10)21-4)22(19,20)18-14-7-5-6-13(17)12(14)3/h5-9,18H,1-4H3. The van der Waals surface area contributed by atoms with Gasteiger partial charge in [-0.05, 0) is 49.6 Å². The Hall–Kier alpha value is -1.72. The van der Waals surface area contributed by atoms with Crippen LogP contribution in [0.2, 0.25) is 5.02 Å². The summed E-state index contributed by atoms with van der Waals surface area (Å²) in [6, 6.07) is 8.43. The van der Waals surface area contributed by atoms with E-state index in [1.165, 1.54) is 13.2 Å². The van der Waals surface area contributed by atoms with E-state index in [2.05, 4.69) is 4.72 Å². The molecule has 0 spiro atoms. The largest absolute Gasteiger partial charge is 0.496 e. The van der Waals surface area contributed by atoms with Crippen molar-refractivity contribution in [3.8, 4) is 5.75 Å². The van der Waals surface area contributed by atoms with Gasteiger partial charge in [-0.3, -0.25) is 4.72 Å². The Morgan fingerprint density at radius 2 is 1.77 bits per heavy atom. The minimum atomic E-state index is -3.72. The molecule has 0 heterocycles. The van der Waals surface area contributed by atoms with E-state index >= 15 is 0 Å². The first-order valence-corrected chi connectivity index (χ1v) is 8.55. The van der Waals surface area contributed by atoms with Crippen LogP contribution in [0.5, 0.6) is 5.75 Å². The second-order valence-electron chi connectivity index (χ2n) is 5.11. The van der Waals surface area contributed by atoms with E-state index in [4.69, 9.17) is 16.3 Å². The van der Waals surface area contributed by atoms with E-state index in [1.54, 1.807) is 38.1 Å². The molecular weight excluding hydrogens is 322 g/mol. The molecule has 0 fully saturated rings. The summed E-state index contributed by atoms with van der Waals surface area (Å²) in [6.07, 6.45) is 0. The lowest BCUT2D eigenvalue weighted by Gasteiger charge is -2.15. The molecule has 0 aliphatic carbocycles. The van der Waals surface area contributed by atoms with Gasteiger partial charge in [-0.1, -0.05) is 23.7 Å². The summed E-state index contributed by atoms with van der Waals surface area (Å²) in [7, 11) is -2.20. The Morgan fingerprint density at radius 1 is 1.09 bits per heavy atom. The molecule has 118 valence electrons. The summed E-state index contributed by atoms with van der Waals surface area (Å²) in [6.45, 7) is 5.39. The van der Waals surface area contributed by atoms with Crippen LogP contribution in [0.25, 0.3) is 0 Å². The number of aryl methyl sites for hydroxylation is 2. The van der Waals surface area contributed by atoms with Gasteiger partial charge in [0.1, 0.15) is 5.75 Å². The van der Waals surface area contributed by atoms with Crippen LogP contribution in [0.4, 0.5) is 5.69 Å². The molecule has 0 radical (unpaired) electrons. The van der Waals surface area contributed by atoms with Crippen LogP contribution < -0.4 is 9.46 Å². The molecule has 0 amide bonds. The van der Waals surface area contributed by atoms with Crippen molar-refractivity contribution in [2.45, 2.75) is 25.7 Å². The number of benzene rings is 2. The number of methoxy groups -OCH3 is 1. The molecule has 2 aromatic rings. The minimum Gasteiger partial charge on any atom is -0.496 e. The van der Waals surface area contributed by atoms with Gasteiger partial charge in [0.2, 0.25) is 0 Å². The number of nitrogens with one attached hydrogen (secondary N) is 1. The third-order valence-corrected chi connectivity index (χ3v) is 5.41. The molecule has 0 aromatic heterocycles. The molecule has 22 heavy (non-hydrogen) atoms. The number of sulfonamides is 1. The first-order valence-electron chi connectivity index (χ1n) is 6.69. The maximum Gasteiger partial charge on any atom is 0.262 e. The van der Waals surface area contributed by atoms with E-state index in [-0.39, 0.29) is 4.90 Å². The first kappa shape index (κ1) is 16.6. The predicted molar refractivity (Wildman–Crippen MR) is 89.5 cm³/mol. The number of anilines is 1. The van der Waals surface area contributed by atoms with Crippen molar-refractivity contribution in [3.05, 3.63) is 52.0 Å². The second kappa shape index (κ2) is 6.18. The van der Waals surface area contributed by atoms with Gasteiger partial charge >= 0.3 is 0 Å². The molecule has 0 aliphatic heterocycles. The lowest BCUT2D eigenvalue weighted by molar-refractivity contribution is 0.410. The van der Waals surface area contributed by atoms with Crippen LogP contribution in [0.1, 0.15) is 16.7 Å². The van der Waals surface area contributed by atoms with Gasteiger partial charge in [0.05, 0.1) is 17.7 Å². The Balaban J connectivity index is 2.49. The average molecular weight is 340 g/mol. The van der Waals surface area contributed by atoms with E-state index in [0.29, 0.717) is 27.6 Å². The summed E-state index contributed by atoms with van der Waals surface area (Å²) >= 11 is 6.03. The zero-order valence-corrected chi connectivity index (χ0v) is 14.5. The van der Waals surface area contributed by atoms with Gasteiger partial charge in [-0.15, -0.1) is 0 Å². The van der Waals surface area contributed by atoms with Crippen molar-refractivity contribution >= 4 is 27.3 Å². The monoisotopic (exact) mass is 339 g/mol. The maximum absolute atomic E-state index is 12.7. The summed E-state index contributed by atoms with van der Waals surface area (Å²) in [5.74, 6) is 0.536. The molecule has 0 aliphatic rings. The quantitative estimate of drug-likeness (QED) is 0.913. The van der Waals surface area contributed by atoms with Gasteiger partial charge in [-0.25, -0.2) is 8.42 Å². The molecule has 0 unspecified atom stereocenters. The fraction of sp³-hybridized carbons (Fsp3) is 0.250. The Bertz CT molecular complexity index is 816. The average Bonchev–Trinajstić information content (AvgIpc) is 2.43. The Labute approximate surface area is 136 Å². The molecule has 0 saturated heterocycles. The van der Waals surface area contributed by atoms with Crippen LogP contribution in [-0.2, 0) is 10.0 Å². The SMILES string of the molecule is COc1cc(S(=O)(=O)Nc2cccc(Cl)c2C)c(C)cc1C. The smallest absolute Gasteiger partial charge is 0.262 e. The van der Waals surface area contributed by atoms with Crippen LogP contribution >= 0.6 is 11.6 Å². The second-order valence-corrected chi connectivity index (χ2v) is 7.16. The summed E-state index contributed by atoms with van der Waals surface area (Å²) in [4.78, 5) is 0.189. The number of hydrogen-bond donors (Lipinski definition) is 1. The van der Waals surface area contributed by atoms with Gasteiger partial charge in [-0.2, -0.15) is 0 Å². The van der Waals surface area contributed by atoms with Crippen molar-refractivity contribution < 1.29 is 13.2 Å². The summed E-state index contributed by atoms with van der Waals surface area (Å²) in [5, 5.41) is 0.512. The molecule has 0 atom stereocenters. The maximum atomic E-state index is 12.7. The van der Waals surface area contributed by atoms with Gasteiger partial charge < -0.3 is 4.74 Å². The van der Waals surface area contributed by atoms with E-state index in [0.717, 1.165) is 5.56 Å². The normalized spacial score (nSPS) is 11.3. The summed E-state index contributed by atoms with van der Waals surface area (Å²) in [5.41, 5.74) is 2.69. The van der Waals surface area contributed by atoms with Crippen LogP contribution in [0.15, 0.2) is 35.2 Å². The number of ether oxygens (including phenoxy) is 1. The molecule has 2 aromatic carbocycles. The zero-order chi connectivity index (χ0) is 16.5. The van der Waals surface area contributed by atoms with Crippen molar-refractivity contribution in [2.24, 2.45) is 0 Å². The predicted octanol–water partition coefficient (Wildman–Crippen LogP) is 4.07. The molecule has 4 nitrogen and oxygen atoms in total. The van der Waals surface area contributed by atoms with Crippen LogP contribution in [-0.4, -0.2) is 15.5 Å². The molecular formula is C16H18ClNO3S. The first-order chi connectivity index (χ1) is 10.3. The van der Waals surface area contributed by atoms with Crippen molar-refractivity contribution in [3.63, 3.8) is 0 Å². The highest BCUT2D eigenvalue weighted by Crippen LogP contribution is 2.29. The fourth-order valence-electron chi connectivity index (χ4n) is 2.24. The Kier molecular flexibility index (Phi) is 4.68. The highest BCUT2D eigenvalue weighted by Gasteiger charge is 2.20. The third kappa shape index (κ3) is 3.20.